The second kappa shape index (κ2) is 11.8. The number of hydrogen-bond donors (Lipinski definition) is 1. The summed E-state index contributed by atoms with van der Waals surface area (Å²) in [7, 11) is 0. The number of ether oxygens (including phenoxy) is 3. The van der Waals surface area contributed by atoms with Gasteiger partial charge in [0.1, 0.15) is 6.61 Å². The van der Waals surface area contributed by atoms with Crippen LogP contribution in [0, 0.1) is 5.92 Å². The van der Waals surface area contributed by atoms with E-state index in [4.69, 9.17) is 14.2 Å². The molecule has 0 heterocycles. The highest BCUT2D eigenvalue weighted by Gasteiger charge is 2.27. The van der Waals surface area contributed by atoms with Gasteiger partial charge in [-0.2, -0.15) is 0 Å². The van der Waals surface area contributed by atoms with Crippen molar-refractivity contribution in [3.8, 4) is 0 Å². The molecule has 0 aliphatic rings. The Morgan fingerprint density at radius 1 is 0.774 bits per heavy atom. The van der Waals surface area contributed by atoms with E-state index in [1.54, 1.807) is 0 Å². The van der Waals surface area contributed by atoms with Crippen molar-refractivity contribution in [2.75, 3.05) is 19.8 Å². The average molecular weight is 422 g/mol. The largest absolute Gasteiger partial charge is 0.481 e. The van der Waals surface area contributed by atoms with Crippen LogP contribution in [0.3, 0.4) is 0 Å². The first kappa shape index (κ1) is 22.5. The first-order valence-electron chi connectivity index (χ1n) is 10.2. The van der Waals surface area contributed by atoms with Crippen LogP contribution in [-0.2, 0) is 37.0 Å². The lowest BCUT2D eigenvalue weighted by Crippen LogP contribution is -2.27. The van der Waals surface area contributed by atoms with Gasteiger partial charge in [0.15, 0.2) is 5.92 Å². The zero-order valence-electron chi connectivity index (χ0n) is 17.2. The van der Waals surface area contributed by atoms with E-state index in [9.17, 15) is 14.7 Å². The van der Waals surface area contributed by atoms with Gasteiger partial charge in [-0.1, -0.05) is 72.8 Å². The quantitative estimate of drug-likeness (QED) is 0.268. The first-order chi connectivity index (χ1) is 15.1. The number of aliphatic carboxylic acids is 1. The highest BCUT2D eigenvalue weighted by Crippen LogP contribution is 2.20. The van der Waals surface area contributed by atoms with Gasteiger partial charge in [-0.15, -0.1) is 0 Å². The summed E-state index contributed by atoms with van der Waals surface area (Å²) in [5.41, 5.74) is 1.91. The number of carboxylic acid groups (broad SMARTS) is 1. The zero-order chi connectivity index (χ0) is 21.9. The number of rotatable bonds is 12. The fourth-order valence-electron chi connectivity index (χ4n) is 3.20. The van der Waals surface area contributed by atoms with Crippen molar-refractivity contribution in [1.29, 1.82) is 0 Å². The van der Waals surface area contributed by atoms with Gasteiger partial charge in [-0.05, 0) is 28.3 Å². The van der Waals surface area contributed by atoms with Crippen LogP contribution in [0.15, 0.2) is 72.8 Å². The van der Waals surface area contributed by atoms with Gasteiger partial charge >= 0.3 is 11.9 Å². The molecule has 6 nitrogen and oxygen atoms in total. The number of benzene rings is 3. The van der Waals surface area contributed by atoms with E-state index in [1.165, 1.54) is 0 Å². The lowest BCUT2D eigenvalue weighted by molar-refractivity contribution is -0.160. The Morgan fingerprint density at radius 2 is 1.48 bits per heavy atom. The summed E-state index contributed by atoms with van der Waals surface area (Å²) in [5.74, 6) is -3.24. The number of hydrogen-bond acceptors (Lipinski definition) is 5. The summed E-state index contributed by atoms with van der Waals surface area (Å²) in [4.78, 5) is 23.8. The Bertz CT molecular complexity index is 980. The minimum absolute atomic E-state index is 0.0259. The van der Waals surface area contributed by atoms with E-state index in [0.717, 1.165) is 21.9 Å². The average Bonchev–Trinajstić information content (AvgIpc) is 2.79. The first-order valence-corrected chi connectivity index (χ1v) is 10.2. The van der Waals surface area contributed by atoms with E-state index >= 15 is 0 Å². The summed E-state index contributed by atoms with van der Waals surface area (Å²) < 4.78 is 16.2. The molecule has 3 aromatic carbocycles. The molecule has 3 aromatic rings. The van der Waals surface area contributed by atoms with Crippen LogP contribution in [0.4, 0.5) is 0 Å². The maximum atomic E-state index is 12.3. The molecule has 0 saturated heterocycles. The number of fused-ring (bicyclic) bond motifs is 1. The fourth-order valence-corrected chi connectivity index (χ4v) is 3.20. The molecule has 0 aromatic heterocycles. The number of carbonyl (C=O) groups is 2. The van der Waals surface area contributed by atoms with E-state index in [-0.39, 0.29) is 19.6 Å². The maximum absolute atomic E-state index is 12.3. The van der Waals surface area contributed by atoms with Crippen molar-refractivity contribution in [1.82, 2.24) is 0 Å². The Labute approximate surface area is 181 Å². The molecule has 0 bridgehead atoms. The topological polar surface area (TPSA) is 82.1 Å². The van der Waals surface area contributed by atoms with Crippen LogP contribution in [0.25, 0.3) is 10.8 Å². The molecule has 31 heavy (non-hydrogen) atoms. The molecule has 0 aliphatic heterocycles. The standard InChI is InChI=1S/C25H26O6/c26-24(27)23(13-14-29-15-16-30-17-19-7-2-1-3-8-19)25(28)31-18-21-11-6-10-20-9-4-5-12-22(20)21/h1-12,23H,13-18H2,(H,26,27). The molecule has 3 rings (SSSR count). The van der Waals surface area contributed by atoms with Crippen molar-refractivity contribution in [3.63, 3.8) is 0 Å². The van der Waals surface area contributed by atoms with Crippen molar-refractivity contribution in [3.05, 3.63) is 83.9 Å². The molecular formula is C25H26O6. The second-order valence-electron chi connectivity index (χ2n) is 7.08. The third-order valence-corrected chi connectivity index (χ3v) is 4.87. The van der Waals surface area contributed by atoms with E-state index in [0.29, 0.717) is 19.8 Å². The molecule has 0 aliphatic carbocycles. The van der Waals surface area contributed by atoms with Crippen LogP contribution in [0.1, 0.15) is 17.5 Å². The van der Waals surface area contributed by atoms with Crippen LogP contribution >= 0.6 is 0 Å². The summed E-state index contributed by atoms with van der Waals surface area (Å²) in [6, 6.07) is 23.3. The predicted molar refractivity (Wildman–Crippen MR) is 116 cm³/mol. The number of carbonyl (C=O) groups excluding carboxylic acids is 1. The molecule has 1 atom stereocenters. The molecular weight excluding hydrogens is 396 g/mol. The van der Waals surface area contributed by atoms with Gasteiger partial charge in [0, 0.05) is 6.61 Å². The summed E-state index contributed by atoms with van der Waals surface area (Å²) in [6.45, 7) is 1.36. The fraction of sp³-hybridized carbons (Fsp3) is 0.280. The Morgan fingerprint density at radius 3 is 2.29 bits per heavy atom. The third-order valence-electron chi connectivity index (χ3n) is 4.87. The minimum atomic E-state index is -1.26. The van der Waals surface area contributed by atoms with Crippen LogP contribution < -0.4 is 0 Å². The van der Waals surface area contributed by atoms with E-state index in [2.05, 4.69) is 0 Å². The molecule has 0 spiro atoms. The van der Waals surface area contributed by atoms with Crippen LogP contribution in [0.2, 0.25) is 0 Å². The van der Waals surface area contributed by atoms with Gasteiger partial charge in [0.2, 0.25) is 0 Å². The molecule has 0 amide bonds. The lowest BCUT2D eigenvalue weighted by Gasteiger charge is -2.13. The molecule has 1 unspecified atom stereocenters. The van der Waals surface area contributed by atoms with Crippen LogP contribution in [0.5, 0.6) is 0 Å². The highest BCUT2D eigenvalue weighted by molar-refractivity contribution is 5.94. The Hall–Kier alpha value is -3.22. The lowest BCUT2D eigenvalue weighted by atomic mass is 10.0. The van der Waals surface area contributed by atoms with Gasteiger partial charge in [0.25, 0.3) is 0 Å². The SMILES string of the molecule is O=C(O)C(CCOCCOCc1ccccc1)C(=O)OCc1cccc2ccccc12. The predicted octanol–water partition coefficient (Wildman–Crippen LogP) is 4.21. The second-order valence-corrected chi connectivity index (χ2v) is 7.08. The number of esters is 1. The van der Waals surface area contributed by atoms with E-state index < -0.39 is 17.9 Å². The smallest absolute Gasteiger partial charge is 0.320 e. The van der Waals surface area contributed by atoms with Gasteiger partial charge < -0.3 is 19.3 Å². The molecule has 162 valence electrons. The molecule has 1 N–H and O–H groups in total. The van der Waals surface area contributed by atoms with Crippen molar-refractivity contribution in [2.45, 2.75) is 19.6 Å². The molecule has 0 saturated carbocycles. The summed E-state index contributed by atoms with van der Waals surface area (Å²) in [5, 5.41) is 11.4. The monoisotopic (exact) mass is 422 g/mol. The zero-order valence-corrected chi connectivity index (χ0v) is 17.2. The molecule has 0 radical (unpaired) electrons. The highest BCUT2D eigenvalue weighted by atomic mass is 16.5. The van der Waals surface area contributed by atoms with Crippen molar-refractivity contribution < 1.29 is 28.9 Å². The molecule has 6 heteroatoms. The maximum Gasteiger partial charge on any atom is 0.320 e. The minimum Gasteiger partial charge on any atom is -0.481 e. The van der Waals surface area contributed by atoms with Crippen molar-refractivity contribution >= 4 is 22.7 Å². The van der Waals surface area contributed by atoms with Crippen LogP contribution in [-0.4, -0.2) is 36.9 Å². The van der Waals surface area contributed by atoms with E-state index in [1.807, 2.05) is 72.8 Å². The summed E-state index contributed by atoms with van der Waals surface area (Å²) in [6.07, 6.45) is 0.0440. The normalized spacial score (nSPS) is 11.9. The van der Waals surface area contributed by atoms with Gasteiger partial charge in [-0.25, -0.2) is 0 Å². The molecule has 0 fully saturated rings. The summed E-state index contributed by atoms with van der Waals surface area (Å²) >= 11 is 0. The van der Waals surface area contributed by atoms with Crippen molar-refractivity contribution in [2.24, 2.45) is 5.92 Å². The number of carboxylic acids is 1. The third kappa shape index (κ3) is 6.91. The Balaban J connectivity index is 1.39. The Kier molecular flexibility index (Phi) is 8.58. The van der Waals surface area contributed by atoms with Gasteiger partial charge in [-0.3, -0.25) is 9.59 Å². The van der Waals surface area contributed by atoms with Gasteiger partial charge in [0.05, 0.1) is 19.8 Å².